The highest BCUT2D eigenvalue weighted by atomic mass is 35.5. The molecule has 0 amide bonds. The summed E-state index contributed by atoms with van der Waals surface area (Å²) < 4.78 is 5.46. The summed E-state index contributed by atoms with van der Waals surface area (Å²) in [5.74, 6) is 1.22. The molecule has 1 heterocycles. The van der Waals surface area contributed by atoms with Gasteiger partial charge in [-0.25, -0.2) is 0 Å². The first-order valence-corrected chi connectivity index (χ1v) is 6.77. The van der Waals surface area contributed by atoms with E-state index in [1.54, 1.807) is 0 Å². The summed E-state index contributed by atoms with van der Waals surface area (Å²) in [4.78, 5) is 10.2. The summed E-state index contributed by atoms with van der Waals surface area (Å²) in [5.41, 5.74) is 1.06. The van der Waals surface area contributed by atoms with Crippen LogP contribution in [0.3, 0.4) is 0 Å². The van der Waals surface area contributed by atoms with Crippen LogP contribution in [0.2, 0.25) is 5.02 Å². The highest BCUT2D eigenvalue weighted by Gasteiger charge is 2.07. The molecule has 0 bridgehead atoms. The van der Waals surface area contributed by atoms with Gasteiger partial charge in [-0.1, -0.05) is 35.5 Å². The topological polar surface area (TPSA) is 56.0 Å². The van der Waals surface area contributed by atoms with Gasteiger partial charge in [0.15, 0.2) is 0 Å². The first kappa shape index (κ1) is 13.1. The first-order chi connectivity index (χ1) is 8.78. The molecular formula is C12H11ClN2O2S. The van der Waals surface area contributed by atoms with Crippen LogP contribution in [0.15, 0.2) is 33.9 Å². The van der Waals surface area contributed by atoms with E-state index in [9.17, 15) is 4.79 Å². The van der Waals surface area contributed by atoms with E-state index in [4.69, 9.17) is 16.0 Å². The first-order valence-electron chi connectivity index (χ1n) is 5.41. The Labute approximate surface area is 114 Å². The molecule has 0 aliphatic rings. The van der Waals surface area contributed by atoms with Crippen molar-refractivity contribution >= 4 is 29.6 Å². The zero-order valence-electron chi connectivity index (χ0n) is 9.51. The van der Waals surface area contributed by atoms with E-state index in [0.717, 1.165) is 11.8 Å². The normalized spacial score (nSPS) is 10.5. The van der Waals surface area contributed by atoms with E-state index >= 15 is 0 Å². The highest BCUT2D eigenvalue weighted by molar-refractivity contribution is 7.99. The molecule has 2 rings (SSSR count). The van der Waals surface area contributed by atoms with Gasteiger partial charge >= 0.3 is 0 Å². The number of nitrogens with zero attached hydrogens (tertiary/aromatic N) is 2. The van der Waals surface area contributed by atoms with Crippen molar-refractivity contribution in [3.8, 4) is 0 Å². The van der Waals surface area contributed by atoms with Gasteiger partial charge in [0.25, 0.3) is 5.22 Å². The van der Waals surface area contributed by atoms with Crippen LogP contribution in [-0.4, -0.2) is 22.2 Å². The summed E-state index contributed by atoms with van der Waals surface area (Å²) >= 11 is 7.19. The van der Waals surface area contributed by atoms with Gasteiger partial charge in [-0.3, -0.25) is 0 Å². The Morgan fingerprint density at radius 2 is 2.06 bits per heavy atom. The molecule has 1 aromatic heterocycles. The number of thioether (sulfide) groups is 1. The zero-order chi connectivity index (χ0) is 12.8. The van der Waals surface area contributed by atoms with Gasteiger partial charge < -0.3 is 9.21 Å². The minimum Gasteiger partial charge on any atom is -0.416 e. The van der Waals surface area contributed by atoms with Crippen LogP contribution in [0.1, 0.15) is 17.9 Å². The average molecular weight is 283 g/mol. The molecule has 0 aliphatic heterocycles. The van der Waals surface area contributed by atoms with Gasteiger partial charge in [-0.15, -0.1) is 10.2 Å². The molecule has 0 saturated heterocycles. The van der Waals surface area contributed by atoms with Crippen LogP contribution in [-0.2, 0) is 11.2 Å². The number of aromatic nitrogens is 2. The SMILES string of the molecule is O=CCCSc1nnc(Cc2ccc(Cl)cc2)o1. The third-order valence-electron chi connectivity index (χ3n) is 2.18. The predicted molar refractivity (Wildman–Crippen MR) is 70.0 cm³/mol. The molecule has 94 valence electrons. The smallest absolute Gasteiger partial charge is 0.276 e. The fourth-order valence-electron chi connectivity index (χ4n) is 1.34. The van der Waals surface area contributed by atoms with Crippen LogP contribution < -0.4 is 0 Å². The maximum atomic E-state index is 10.2. The molecule has 1 aromatic carbocycles. The molecule has 0 spiro atoms. The van der Waals surface area contributed by atoms with Crippen molar-refractivity contribution in [1.29, 1.82) is 0 Å². The molecule has 6 heteroatoms. The van der Waals surface area contributed by atoms with Crippen molar-refractivity contribution in [2.45, 2.75) is 18.1 Å². The van der Waals surface area contributed by atoms with Crippen LogP contribution in [0.25, 0.3) is 0 Å². The number of carbonyl (C=O) groups excluding carboxylic acids is 1. The maximum absolute atomic E-state index is 10.2. The molecule has 0 N–H and O–H groups in total. The molecule has 0 saturated carbocycles. The fourth-order valence-corrected chi connectivity index (χ4v) is 2.11. The average Bonchev–Trinajstić information content (AvgIpc) is 2.80. The molecule has 2 aromatic rings. The maximum Gasteiger partial charge on any atom is 0.276 e. The molecule has 0 atom stereocenters. The zero-order valence-corrected chi connectivity index (χ0v) is 11.1. The Morgan fingerprint density at radius 3 is 2.78 bits per heavy atom. The Balaban J connectivity index is 1.93. The quantitative estimate of drug-likeness (QED) is 0.463. The molecule has 0 fully saturated rings. The van der Waals surface area contributed by atoms with Gasteiger partial charge in [0, 0.05) is 17.2 Å². The third kappa shape index (κ3) is 3.85. The van der Waals surface area contributed by atoms with Crippen LogP contribution in [0, 0.1) is 0 Å². The molecule has 18 heavy (non-hydrogen) atoms. The lowest BCUT2D eigenvalue weighted by Crippen LogP contribution is -1.87. The second-order valence-corrected chi connectivity index (χ2v) is 5.05. The van der Waals surface area contributed by atoms with E-state index in [-0.39, 0.29) is 0 Å². The van der Waals surface area contributed by atoms with Crippen LogP contribution in [0.4, 0.5) is 0 Å². The van der Waals surface area contributed by atoms with Gasteiger partial charge in [-0.05, 0) is 17.7 Å². The van der Waals surface area contributed by atoms with Crippen molar-refractivity contribution in [3.63, 3.8) is 0 Å². The lowest BCUT2D eigenvalue weighted by Gasteiger charge is -1.96. The number of hydrogen-bond donors (Lipinski definition) is 0. The number of rotatable bonds is 6. The van der Waals surface area contributed by atoms with Crippen molar-refractivity contribution in [2.75, 3.05) is 5.75 Å². The summed E-state index contributed by atoms with van der Waals surface area (Å²) in [6.45, 7) is 0. The van der Waals surface area contributed by atoms with Gasteiger partial charge in [0.2, 0.25) is 5.89 Å². The Morgan fingerprint density at radius 1 is 1.28 bits per heavy atom. The Hall–Kier alpha value is -1.33. The summed E-state index contributed by atoms with van der Waals surface area (Å²) in [7, 11) is 0. The Bertz CT molecular complexity index is 513. The number of carbonyl (C=O) groups is 1. The minimum atomic E-state index is 0.486. The van der Waals surface area contributed by atoms with Crippen LogP contribution in [0.5, 0.6) is 0 Å². The van der Waals surface area contributed by atoms with Gasteiger partial charge in [0.05, 0.1) is 6.42 Å². The molecule has 4 nitrogen and oxygen atoms in total. The second kappa shape index (κ2) is 6.56. The van der Waals surface area contributed by atoms with Gasteiger partial charge in [-0.2, -0.15) is 0 Å². The number of halogens is 1. The summed E-state index contributed by atoms with van der Waals surface area (Å²) in [5, 5.41) is 9.06. The monoisotopic (exact) mass is 282 g/mol. The van der Waals surface area contributed by atoms with Crippen LogP contribution >= 0.6 is 23.4 Å². The predicted octanol–water partition coefficient (Wildman–Crippen LogP) is 2.99. The van der Waals surface area contributed by atoms with Gasteiger partial charge in [0.1, 0.15) is 6.29 Å². The Kier molecular flexibility index (Phi) is 4.78. The van der Waals surface area contributed by atoms with Crippen molar-refractivity contribution in [3.05, 3.63) is 40.7 Å². The van der Waals surface area contributed by atoms with Crippen molar-refractivity contribution < 1.29 is 9.21 Å². The summed E-state index contributed by atoms with van der Waals surface area (Å²) in [6.07, 6.45) is 1.94. The highest BCUT2D eigenvalue weighted by Crippen LogP contribution is 2.18. The standard InChI is InChI=1S/C12H11ClN2O2S/c13-10-4-2-9(3-5-10)8-11-14-15-12(17-11)18-7-1-6-16/h2-6H,1,7-8H2. The van der Waals surface area contributed by atoms with E-state index in [1.807, 2.05) is 24.3 Å². The van der Waals surface area contributed by atoms with Crippen molar-refractivity contribution in [1.82, 2.24) is 10.2 Å². The number of aldehydes is 1. The van der Waals surface area contributed by atoms with E-state index < -0.39 is 0 Å². The van der Waals surface area contributed by atoms with E-state index in [0.29, 0.717) is 34.7 Å². The van der Waals surface area contributed by atoms with E-state index in [1.165, 1.54) is 11.8 Å². The molecule has 0 unspecified atom stereocenters. The molecule has 0 radical (unpaired) electrons. The second-order valence-electron chi connectivity index (χ2n) is 3.57. The third-order valence-corrected chi connectivity index (χ3v) is 3.28. The fraction of sp³-hybridized carbons (Fsp3) is 0.250. The van der Waals surface area contributed by atoms with E-state index in [2.05, 4.69) is 10.2 Å². The van der Waals surface area contributed by atoms with Crippen molar-refractivity contribution in [2.24, 2.45) is 0 Å². The number of benzene rings is 1. The number of hydrogen-bond acceptors (Lipinski definition) is 5. The molecular weight excluding hydrogens is 272 g/mol. The molecule has 0 aliphatic carbocycles. The summed E-state index contributed by atoms with van der Waals surface area (Å²) in [6, 6.07) is 7.50. The lowest BCUT2D eigenvalue weighted by atomic mass is 10.1. The minimum absolute atomic E-state index is 0.486. The largest absolute Gasteiger partial charge is 0.416 e. The lowest BCUT2D eigenvalue weighted by molar-refractivity contribution is -0.107.